The highest BCUT2D eigenvalue weighted by molar-refractivity contribution is 6.35. The largest absolute Gasteiger partial charge is 0.374 e. The summed E-state index contributed by atoms with van der Waals surface area (Å²) in [5, 5.41) is 4.20. The lowest BCUT2D eigenvalue weighted by Gasteiger charge is -2.07. The molecule has 0 aliphatic carbocycles. The first-order chi connectivity index (χ1) is 8.09. The molecular formula is C11H13Cl2F2NO. The summed E-state index contributed by atoms with van der Waals surface area (Å²) in [5.41, 5.74) is 0.907. The van der Waals surface area contributed by atoms with E-state index in [-0.39, 0.29) is 6.61 Å². The zero-order valence-corrected chi connectivity index (χ0v) is 10.6. The van der Waals surface area contributed by atoms with Crippen molar-refractivity contribution in [2.45, 2.75) is 13.0 Å². The second-order valence-electron chi connectivity index (χ2n) is 3.38. The van der Waals surface area contributed by atoms with Gasteiger partial charge in [0.2, 0.25) is 0 Å². The van der Waals surface area contributed by atoms with Gasteiger partial charge >= 0.3 is 0 Å². The van der Waals surface area contributed by atoms with E-state index in [1.54, 1.807) is 12.1 Å². The van der Waals surface area contributed by atoms with Gasteiger partial charge in [0.05, 0.1) is 6.61 Å². The fourth-order valence-corrected chi connectivity index (χ4v) is 1.68. The molecule has 0 spiro atoms. The third kappa shape index (κ3) is 6.17. The fraction of sp³-hybridized carbons (Fsp3) is 0.455. The van der Waals surface area contributed by atoms with Gasteiger partial charge in [0, 0.05) is 23.1 Å². The van der Waals surface area contributed by atoms with Crippen molar-refractivity contribution in [1.29, 1.82) is 0 Å². The quantitative estimate of drug-likeness (QED) is 0.775. The minimum absolute atomic E-state index is 0.246. The second-order valence-corrected chi connectivity index (χ2v) is 4.22. The fourth-order valence-electron chi connectivity index (χ4n) is 1.20. The van der Waals surface area contributed by atoms with E-state index in [0.717, 1.165) is 5.56 Å². The Kier molecular flexibility index (Phi) is 6.73. The van der Waals surface area contributed by atoms with Crippen LogP contribution in [0.4, 0.5) is 8.78 Å². The molecule has 0 amide bonds. The van der Waals surface area contributed by atoms with E-state index in [0.29, 0.717) is 23.1 Å². The molecule has 0 radical (unpaired) electrons. The Morgan fingerprint density at radius 1 is 1.29 bits per heavy atom. The summed E-state index contributed by atoms with van der Waals surface area (Å²) < 4.78 is 28.2. The molecule has 1 rings (SSSR count). The van der Waals surface area contributed by atoms with Crippen LogP contribution in [0.25, 0.3) is 0 Å². The summed E-state index contributed by atoms with van der Waals surface area (Å²) in [6, 6.07) is 5.23. The maximum Gasteiger partial charge on any atom is 0.261 e. The summed E-state index contributed by atoms with van der Waals surface area (Å²) in [5.74, 6) is 0. The molecule has 0 heterocycles. The normalized spacial score (nSPS) is 11.1. The van der Waals surface area contributed by atoms with Crippen LogP contribution in [0, 0.1) is 0 Å². The zero-order chi connectivity index (χ0) is 12.7. The second kappa shape index (κ2) is 7.82. The Morgan fingerprint density at radius 3 is 2.71 bits per heavy atom. The van der Waals surface area contributed by atoms with Gasteiger partial charge in [-0.25, -0.2) is 8.78 Å². The monoisotopic (exact) mass is 283 g/mol. The molecule has 0 saturated heterocycles. The molecule has 0 aromatic heterocycles. The smallest absolute Gasteiger partial charge is 0.261 e. The maximum atomic E-state index is 11.7. The first kappa shape index (κ1) is 14.6. The lowest BCUT2D eigenvalue weighted by atomic mass is 10.2. The van der Waals surface area contributed by atoms with E-state index in [9.17, 15) is 8.78 Å². The van der Waals surface area contributed by atoms with Crippen LogP contribution in [0.5, 0.6) is 0 Å². The molecule has 0 aliphatic rings. The van der Waals surface area contributed by atoms with Gasteiger partial charge in [-0.3, -0.25) is 0 Å². The number of nitrogens with one attached hydrogen (secondary N) is 1. The van der Waals surface area contributed by atoms with Crippen molar-refractivity contribution in [1.82, 2.24) is 5.32 Å². The van der Waals surface area contributed by atoms with Crippen LogP contribution in [-0.4, -0.2) is 26.2 Å². The molecule has 1 aromatic carbocycles. The number of hydrogen-bond donors (Lipinski definition) is 1. The van der Waals surface area contributed by atoms with Gasteiger partial charge in [-0.05, 0) is 17.7 Å². The van der Waals surface area contributed by atoms with Crippen LogP contribution in [0.15, 0.2) is 18.2 Å². The molecule has 2 nitrogen and oxygen atoms in total. The van der Waals surface area contributed by atoms with Gasteiger partial charge in [-0.15, -0.1) is 0 Å². The van der Waals surface area contributed by atoms with Crippen molar-refractivity contribution in [2.75, 3.05) is 19.8 Å². The van der Waals surface area contributed by atoms with Crippen molar-refractivity contribution in [3.05, 3.63) is 33.8 Å². The predicted octanol–water partition coefficient (Wildman–Crippen LogP) is 3.36. The van der Waals surface area contributed by atoms with Crippen LogP contribution in [0.1, 0.15) is 5.56 Å². The SMILES string of the molecule is FC(F)COCCNCc1ccc(Cl)cc1Cl. The lowest BCUT2D eigenvalue weighted by Crippen LogP contribution is -2.20. The highest BCUT2D eigenvalue weighted by Crippen LogP contribution is 2.20. The van der Waals surface area contributed by atoms with Gasteiger partial charge in [-0.1, -0.05) is 29.3 Å². The Bertz CT molecular complexity index is 350. The molecule has 0 atom stereocenters. The number of hydrogen-bond acceptors (Lipinski definition) is 2. The van der Waals surface area contributed by atoms with E-state index in [4.69, 9.17) is 27.9 Å². The molecule has 0 unspecified atom stereocenters. The molecule has 0 saturated carbocycles. The first-order valence-corrected chi connectivity index (χ1v) is 5.85. The van der Waals surface area contributed by atoms with E-state index >= 15 is 0 Å². The highest BCUT2D eigenvalue weighted by atomic mass is 35.5. The lowest BCUT2D eigenvalue weighted by molar-refractivity contribution is 0.0187. The van der Waals surface area contributed by atoms with Crippen molar-refractivity contribution in [3.8, 4) is 0 Å². The van der Waals surface area contributed by atoms with Gasteiger partial charge in [0.25, 0.3) is 6.43 Å². The van der Waals surface area contributed by atoms with Crippen molar-refractivity contribution < 1.29 is 13.5 Å². The summed E-state index contributed by atoms with van der Waals surface area (Å²) >= 11 is 11.7. The van der Waals surface area contributed by atoms with Crippen LogP contribution in [0.3, 0.4) is 0 Å². The Labute approximate surface area is 109 Å². The van der Waals surface area contributed by atoms with E-state index < -0.39 is 13.0 Å². The third-order valence-electron chi connectivity index (χ3n) is 2.00. The minimum Gasteiger partial charge on any atom is -0.374 e. The Morgan fingerprint density at radius 2 is 2.06 bits per heavy atom. The molecule has 6 heteroatoms. The number of benzene rings is 1. The van der Waals surface area contributed by atoms with Crippen LogP contribution in [0.2, 0.25) is 10.0 Å². The van der Waals surface area contributed by atoms with E-state index in [1.165, 1.54) is 0 Å². The first-order valence-electron chi connectivity index (χ1n) is 5.10. The van der Waals surface area contributed by atoms with Gasteiger partial charge < -0.3 is 10.1 Å². The number of alkyl halides is 2. The topological polar surface area (TPSA) is 21.3 Å². The van der Waals surface area contributed by atoms with Crippen LogP contribution < -0.4 is 5.32 Å². The summed E-state index contributed by atoms with van der Waals surface area (Å²) in [4.78, 5) is 0. The highest BCUT2D eigenvalue weighted by Gasteiger charge is 2.02. The van der Waals surface area contributed by atoms with Crippen LogP contribution >= 0.6 is 23.2 Å². The third-order valence-corrected chi connectivity index (χ3v) is 2.58. The van der Waals surface area contributed by atoms with Crippen molar-refractivity contribution in [3.63, 3.8) is 0 Å². The number of rotatable bonds is 7. The van der Waals surface area contributed by atoms with Crippen molar-refractivity contribution >= 4 is 23.2 Å². The molecule has 0 bridgehead atoms. The molecule has 0 fully saturated rings. The zero-order valence-electron chi connectivity index (χ0n) is 9.06. The van der Waals surface area contributed by atoms with E-state index in [2.05, 4.69) is 5.32 Å². The summed E-state index contributed by atoms with van der Waals surface area (Å²) in [6.45, 7) is 0.763. The summed E-state index contributed by atoms with van der Waals surface area (Å²) in [7, 11) is 0. The number of halogens is 4. The van der Waals surface area contributed by atoms with Gasteiger partial charge in [0.1, 0.15) is 6.61 Å². The Hall–Kier alpha value is -0.420. The van der Waals surface area contributed by atoms with Gasteiger partial charge in [-0.2, -0.15) is 0 Å². The molecular weight excluding hydrogens is 271 g/mol. The molecule has 0 aliphatic heterocycles. The van der Waals surface area contributed by atoms with Crippen molar-refractivity contribution in [2.24, 2.45) is 0 Å². The predicted molar refractivity (Wildman–Crippen MR) is 65.0 cm³/mol. The Balaban J connectivity index is 2.18. The molecule has 17 heavy (non-hydrogen) atoms. The average Bonchev–Trinajstić information content (AvgIpc) is 2.25. The average molecular weight is 284 g/mol. The maximum absolute atomic E-state index is 11.7. The molecule has 1 aromatic rings. The van der Waals surface area contributed by atoms with Gasteiger partial charge in [0.15, 0.2) is 0 Å². The van der Waals surface area contributed by atoms with E-state index in [1.807, 2.05) is 6.07 Å². The minimum atomic E-state index is -2.42. The number of ether oxygens (including phenoxy) is 1. The molecule has 1 N–H and O–H groups in total. The van der Waals surface area contributed by atoms with Crippen LogP contribution in [-0.2, 0) is 11.3 Å². The standard InChI is InChI=1S/C11H13Cl2F2NO/c12-9-2-1-8(10(13)5-9)6-16-3-4-17-7-11(14)15/h1-2,5,11,16H,3-4,6-7H2. The summed E-state index contributed by atoms with van der Waals surface area (Å²) in [6.07, 6.45) is -2.42. The molecule has 96 valence electrons.